The van der Waals surface area contributed by atoms with Crippen molar-refractivity contribution in [3.8, 4) is 0 Å². The van der Waals surface area contributed by atoms with Gasteiger partial charge in [0.2, 0.25) is 0 Å². The molecule has 0 radical (unpaired) electrons. The third-order valence-electron chi connectivity index (χ3n) is 3.86. The predicted octanol–water partition coefficient (Wildman–Crippen LogP) is 4.11. The third-order valence-corrected chi connectivity index (χ3v) is 4.18. The van der Waals surface area contributed by atoms with Gasteiger partial charge in [0.1, 0.15) is 5.60 Å². The molecule has 5 heteroatoms. The number of rotatable bonds is 2. The first-order valence-electron chi connectivity index (χ1n) is 7.76. The largest absolute Gasteiger partial charge is 0.444 e. The number of nitrogens with zero attached hydrogens (tertiary/aromatic N) is 1. The number of nitrogens with two attached hydrogens (primary N) is 1. The number of piperidine rings is 1. The highest BCUT2D eigenvalue weighted by molar-refractivity contribution is 6.33. The molecule has 1 aromatic rings. The van der Waals surface area contributed by atoms with E-state index in [0.717, 1.165) is 32.4 Å². The van der Waals surface area contributed by atoms with Gasteiger partial charge in [0, 0.05) is 13.1 Å². The topological polar surface area (TPSA) is 55.6 Å². The van der Waals surface area contributed by atoms with Gasteiger partial charge in [-0.1, -0.05) is 17.7 Å². The summed E-state index contributed by atoms with van der Waals surface area (Å²) in [5.74, 6) is 0.568. The molecule has 4 nitrogen and oxygen atoms in total. The summed E-state index contributed by atoms with van der Waals surface area (Å²) in [5.41, 5.74) is 7.12. The van der Waals surface area contributed by atoms with Crippen LogP contribution in [0.1, 0.15) is 39.2 Å². The van der Waals surface area contributed by atoms with Crippen molar-refractivity contribution in [2.45, 2.75) is 45.6 Å². The van der Waals surface area contributed by atoms with Crippen LogP contribution in [-0.2, 0) is 11.2 Å². The molecule has 1 amide bonds. The van der Waals surface area contributed by atoms with E-state index in [1.165, 1.54) is 5.56 Å². The molecule has 0 aromatic heterocycles. The fourth-order valence-corrected chi connectivity index (χ4v) is 2.88. The molecule has 0 unspecified atom stereocenters. The van der Waals surface area contributed by atoms with E-state index < -0.39 is 5.60 Å². The molecular formula is C17H25ClN2O2. The number of anilines is 1. The number of hydrogen-bond donors (Lipinski definition) is 1. The average Bonchev–Trinajstić information content (AvgIpc) is 2.42. The van der Waals surface area contributed by atoms with Gasteiger partial charge in [0.15, 0.2) is 0 Å². The number of likely N-dealkylation sites (tertiary alicyclic amines) is 1. The molecule has 1 heterocycles. The van der Waals surface area contributed by atoms with Gasteiger partial charge in [-0.3, -0.25) is 0 Å². The minimum Gasteiger partial charge on any atom is -0.444 e. The first-order chi connectivity index (χ1) is 10.2. The van der Waals surface area contributed by atoms with Crippen LogP contribution >= 0.6 is 11.6 Å². The SMILES string of the molecule is CC(C)(C)OC(=O)N1CCC(Cc2ccc(N)c(Cl)c2)CC1. The average molecular weight is 325 g/mol. The maximum absolute atomic E-state index is 12.0. The van der Waals surface area contributed by atoms with Crippen LogP contribution in [0, 0.1) is 5.92 Å². The summed E-state index contributed by atoms with van der Waals surface area (Å²) < 4.78 is 5.42. The van der Waals surface area contributed by atoms with Gasteiger partial charge >= 0.3 is 6.09 Å². The molecule has 122 valence electrons. The van der Waals surface area contributed by atoms with E-state index in [4.69, 9.17) is 22.1 Å². The molecular weight excluding hydrogens is 300 g/mol. The van der Waals surface area contributed by atoms with E-state index in [9.17, 15) is 4.79 Å². The van der Waals surface area contributed by atoms with Crippen LogP contribution in [0.15, 0.2) is 18.2 Å². The first kappa shape index (κ1) is 16.9. The molecule has 1 fully saturated rings. The van der Waals surface area contributed by atoms with Crippen molar-refractivity contribution in [3.63, 3.8) is 0 Å². The van der Waals surface area contributed by atoms with Crippen LogP contribution < -0.4 is 5.73 Å². The Morgan fingerprint density at radius 2 is 2.00 bits per heavy atom. The second kappa shape index (κ2) is 6.78. The second-order valence-electron chi connectivity index (χ2n) is 6.97. The Morgan fingerprint density at radius 3 is 2.55 bits per heavy atom. The normalized spacial score (nSPS) is 16.6. The Kier molecular flexibility index (Phi) is 5.22. The van der Waals surface area contributed by atoms with Crippen LogP contribution in [0.25, 0.3) is 0 Å². The van der Waals surface area contributed by atoms with E-state index in [1.54, 1.807) is 4.90 Å². The maximum Gasteiger partial charge on any atom is 0.410 e. The third kappa shape index (κ3) is 4.80. The number of nitrogen functional groups attached to an aromatic ring is 1. The summed E-state index contributed by atoms with van der Waals surface area (Å²) in [6, 6.07) is 5.83. The van der Waals surface area contributed by atoms with E-state index >= 15 is 0 Å². The fourth-order valence-electron chi connectivity index (χ4n) is 2.68. The van der Waals surface area contributed by atoms with Crippen molar-refractivity contribution >= 4 is 23.4 Å². The Balaban J connectivity index is 1.84. The van der Waals surface area contributed by atoms with Crippen LogP contribution in [-0.4, -0.2) is 29.7 Å². The van der Waals surface area contributed by atoms with Crippen LogP contribution in [0.5, 0.6) is 0 Å². The number of amides is 1. The molecule has 0 atom stereocenters. The van der Waals surface area contributed by atoms with Crippen LogP contribution in [0.4, 0.5) is 10.5 Å². The highest BCUT2D eigenvalue weighted by Crippen LogP contribution is 2.26. The van der Waals surface area contributed by atoms with Crippen molar-refractivity contribution in [2.75, 3.05) is 18.8 Å². The minimum absolute atomic E-state index is 0.207. The van der Waals surface area contributed by atoms with Gasteiger partial charge in [0.05, 0.1) is 10.7 Å². The first-order valence-corrected chi connectivity index (χ1v) is 8.14. The number of hydrogen-bond acceptors (Lipinski definition) is 3. The molecule has 2 N–H and O–H groups in total. The molecule has 22 heavy (non-hydrogen) atoms. The highest BCUT2D eigenvalue weighted by atomic mass is 35.5. The van der Waals surface area contributed by atoms with Crippen molar-refractivity contribution < 1.29 is 9.53 Å². The Labute approximate surface area is 137 Å². The molecule has 0 bridgehead atoms. The Bertz CT molecular complexity index is 532. The maximum atomic E-state index is 12.0. The summed E-state index contributed by atoms with van der Waals surface area (Å²) in [5, 5.41) is 0.615. The van der Waals surface area contributed by atoms with Crippen molar-refractivity contribution in [2.24, 2.45) is 5.92 Å². The predicted molar refractivity (Wildman–Crippen MR) is 90.1 cm³/mol. The molecule has 2 rings (SSSR count). The second-order valence-corrected chi connectivity index (χ2v) is 7.38. The van der Waals surface area contributed by atoms with Crippen molar-refractivity contribution in [3.05, 3.63) is 28.8 Å². The molecule has 1 aliphatic heterocycles. The lowest BCUT2D eigenvalue weighted by atomic mass is 9.90. The number of ether oxygens (including phenoxy) is 1. The molecule has 1 saturated heterocycles. The fraction of sp³-hybridized carbons (Fsp3) is 0.588. The van der Waals surface area contributed by atoms with E-state index in [2.05, 4.69) is 0 Å². The quantitative estimate of drug-likeness (QED) is 0.833. The summed E-state index contributed by atoms with van der Waals surface area (Å²) in [6.07, 6.45) is 2.74. The summed E-state index contributed by atoms with van der Waals surface area (Å²) in [4.78, 5) is 13.8. The number of benzene rings is 1. The zero-order valence-electron chi connectivity index (χ0n) is 13.6. The van der Waals surface area contributed by atoms with Gasteiger partial charge in [-0.25, -0.2) is 4.79 Å². The van der Waals surface area contributed by atoms with E-state index in [-0.39, 0.29) is 6.09 Å². The van der Waals surface area contributed by atoms with Gasteiger partial charge in [0.25, 0.3) is 0 Å². The molecule has 1 aliphatic rings. The molecule has 0 saturated carbocycles. The molecule has 0 aliphatic carbocycles. The lowest BCUT2D eigenvalue weighted by Gasteiger charge is -2.33. The summed E-state index contributed by atoms with van der Waals surface area (Å²) in [6.45, 7) is 7.18. The van der Waals surface area contributed by atoms with E-state index in [1.807, 2.05) is 39.0 Å². The lowest BCUT2D eigenvalue weighted by Crippen LogP contribution is -2.42. The van der Waals surface area contributed by atoms with Crippen LogP contribution in [0.2, 0.25) is 5.02 Å². The van der Waals surface area contributed by atoms with Gasteiger partial charge in [-0.15, -0.1) is 0 Å². The Morgan fingerprint density at radius 1 is 1.36 bits per heavy atom. The molecule has 0 spiro atoms. The van der Waals surface area contributed by atoms with Gasteiger partial charge < -0.3 is 15.4 Å². The monoisotopic (exact) mass is 324 g/mol. The number of carbonyl (C=O) groups is 1. The zero-order chi connectivity index (χ0) is 16.3. The minimum atomic E-state index is -0.436. The van der Waals surface area contributed by atoms with E-state index in [0.29, 0.717) is 16.6 Å². The smallest absolute Gasteiger partial charge is 0.410 e. The van der Waals surface area contributed by atoms with Gasteiger partial charge in [-0.05, 0) is 63.6 Å². The molecule has 1 aromatic carbocycles. The van der Waals surface area contributed by atoms with Crippen LogP contribution in [0.3, 0.4) is 0 Å². The standard InChI is InChI=1S/C17H25ClN2O2/c1-17(2,3)22-16(21)20-8-6-12(7-9-20)10-13-4-5-15(19)14(18)11-13/h4-5,11-12H,6-10,19H2,1-3H3. The number of carbonyl (C=O) groups excluding carboxylic acids is 1. The highest BCUT2D eigenvalue weighted by Gasteiger charge is 2.26. The number of halogens is 1. The summed E-state index contributed by atoms with van der Waals surface area (Å²) in [7, 11) is 0. The Hall–Kier alpha value is -1.42. The van der Waals surface area contributed by atoms with Gasteiger partial charge in [-0.2, -0.15) is 0 Å². The zero-order valence-corrected chi connectivity index (χ0v) is 14.3. The van der Waals surface area contributed by atoms with Crippen molar-refractivity contribution in [1.82, 2.24) is 4.90 Å². The van der Waals surface area contributed by atoms with Crippen molar-refractivity contribution in [1.29, 1.82) is 0 Å². The summed E-state index contributed by atoms with van der Waals surface area (Å²) >= 11 is 6.06. The lowest BCUT2D eigenvalue weighted by molar-refractivity contribution is 0.0184.